The van der Waals surface area contributed by atoms with Crippen LogP contribution in [0.3, 0.4) is 0 Å². The van der Waals surface area contributed by atoms with Gasteiger partial charge in [-0.1, -0.05) is 17.0 Å². The molecule has 0 amide bonds. The van der Waals surface area contributed by atoms with Gasteiger partial charge in [-0.05, 0) is 23.8 Å². The van der Waals surface area contributed by atoms with E-state index in [1.807, 2.05) is 24.3 Å². The molecule has 0 spiro atoms. The fraction of sp³-hybridized carbons (Fsp3) is 0.0667. The van der Waals surface area contributed by atoms with Gasteiger partial charge >= 0.3 is 0 Å². The van der Waals surface area contributed by atoms with E-state index in [1.54, 1.807) is 25.6 Å². The second-order valence-electron chi connectivity index (χ2n) is 4.77. The molecule has 6 heteroatoms. The summed E-state index contributed by atoms with van der Waals surface area (Å²) >= 11 is 0. The van der Waals surface area contributed by atoms with Gasteiger partial charge in [0.15, 0.2) is 0 Å². The minimum absolute atomic E-state index is 0.201. The summed E-state index contributed by atoms with van der Waals surface area (Å²) in [7, 11) is 1.55. The van der Waals surface area contributed by atoms with Crippen molar-refractivity contribution in [1.82, 2.24) is 20.1 Å². The number of aromatic nitrogens is 4. The molecular weight excluding hydrogens is 268 g/mol. The highest BCUT2D eigenvalue weighted by molar-refractivity contribution is 5.98. The summed E-state index contributed by atoms with van der Waals surface area (Å²) in [6.45, 7) is 0. The Balaban J connectivity index is 2.05. The Kier molecular flexibility index (Phi) is 2.38. The fourth-order valence-corrected chi connectivity index (χ4v) is 2.60. The molecule has 4 rings (SSSR count). The first-order valence-electron chi connectivity index (χ1n) is 6.45. The van der Waals surface area contributed by atoms with Gasteiger partial charge in [0.1, 0.15) is 18.4 Å². The number of phenolic OH excluding ortho intramolecular Hbond substituents is 1. The van der Waals surface area contributed by atoms with Crippen molar-refractivity contribution in [1.29, 1.82) is 0 Å². The van der Waals surface area contributed by atoms with Gasteiger partial charge in [-0.25, -0.2) is 0 Å². The maximum atomic E-state index is 10.3. The van der Waals surface area contributed by atoms with Crippen molar-refractivity contribution in [2.75, 3.05) is 7.11 Å². The molecule has 0 bridgehead atoms. The maximum absolute atomic E-state index is 10.3. The van der Waals surface area contributed by atoms with Crippen molar-refractivity contribution < 1.29 is 9.94 Å². The van der Waals surface area contributed by atoms with Crippen molar-refractivity contribution in [3.63, 3.8) is 0 Å². The standard InChI is InChI=1S/C15H12N4O2/c1-21-19-14-6-11(15(20)5-9(14)7-17-19)10-3-2-4-13-12(10)8-16-18-13/h2-8,20H,1H3,(H,16,18). The van der Waals surface area contributed by atoms with E-state index in [2.05, 4.69) is 15.3 Å². The molecule has 6 nitrogen and oxygen atoms in total. The Morgan fingerprint density at radius 3 is 2.95 bits per heavy atom. The highest BCUT2D eigenvalue weighted by Gasteiger charge is 2.13. The summed E-state index contributed by atoms with van der Waals surface area (Å²) in [6.07, 6.45) is 3.41. The van der Waals surface area contributed by atoms with Crippen molar-refractivity contribution in [2.45, 2.75) is 0 Å². The van der Waals surface area contributed by atoms with E-state index in [1.165, 1.54) is 4.85 Å². The predicted molar refractivity (Wildman–Crippen MR) is 79.0 cm³/mol. The number of nitrogens with one attached hydrogen (secondary N) is 1. The third-order valence-corrected chi connectivity index (χ3v) is 3.60. The predicted octanol–water partition coefficient (Wildman–Crippen LogP) is 2.34. The molecule has 104 valence electrons. The summed E-state index contributed by atoms with van der Waals surface area (Å²) in [6, 6.07) is 9.37. The van der Waals surface area contributed by atoms with Gasteiger partial charge in [0.2, 0.25) is 0 Å². The number of fused-ring (bicyclic) bond motifs is 2. The number of aromatic hydroxyl groups is 1. The van der Waals surface area contributed by atoms with E-state index in [4.69, 9.17) is 4.84 Å². The lowest BCUT2D eigenvalue weighted by Crippen LogP contribution is -2.06. The van der Waals surface area contributed by atoms with Crippen LogP contribution in [0.5, 0.6) is 5.75 Å². The molecule has 0 fully saturated rings. The summed E-state index contributed by atoms with van der Waals surface area (Å²) in [5, 5.41) is 23.2. The SMILES string of the molecule is COn1ncc2cc(O)c(-c3cccc4[nH]ncc34)cc21. The molecule has 0 saturated heterocycles. The third kappa shape index (κ3) is 1.66. The number of nitrogens with zero attached hydrogens (tertiary/aromatic N) is 3. The molecule has 2 aromatic heterocycles. The van der Waals surface area contributed by atoms with Crippen LogP contribution in [-0.2, 0) is 0 Å². The number of hydrogen-bond donors (Lipinski definition) is 2. The Bertz CT molecular complexity index is 955. The van der Waals surface area contributed by atoms with Crippen LogP contribution in [0.4, 0.5) is 0 Å². The van der Waals surface area contributed by atoms with Crippen LogP contribution in [0.25, 0.3) is 32.9 Å². The molecule has 0 aliphatic carbocycles. The monoisotopic (exact) mass is 280 g/mol. The minimum atomic E-state index is 0.201. The summed E-state index contributed by atoms with van der Waals surface area (Å²) in [4.78, 5) is 6.60. The number of rotatable bonds is 2. The molecule has 21 heavy (non-hydrogen) atoms. The Hall–Kier alpha value is -3.02. The van der Waals surface area contributed by atoms with Gasteiger partial charge in [-0.3, -0.25) is 5.10 Å². The smallest absolute Gasteiger partial charge is 0.124 e. The van der Waals surface area contributed by atoms with Gasteiger partial charge in [0.05, 0.1) is 17.9 Å². The first kappa shape index (κ1) is 11.8. The molecule has 2 aromatic carbocycles. The van der Waals surface area contributed by atoms with Crippen LogP contribution in [-0.4, -0.2) is 32.4 Å². The van der Waals surface area contributed by atoms with Crippen LogP contribution in [0.15, 0.2) is 42.7 Å². The number of phenols is 1. The molecule has 0 atom stereocenters. The van der Waals surface area contributed by atoms with E-state index in [-0.39, 0.29) is 5.75 Å². The van der Waals surface area contributed by atoms with E-state index in [0.717, 1.165) is 27.4 Å². The normalized spacial score (nSPS) is 11.3. The van der Waals surface area contributed by atoms with Crippen molar-refractivity contribution in [3.05, 3.63) is 42.7 Å². The molecule has 0 radical (unpaired) electrons. The Morgan fingerprint density at radius 1 is 1.19 bits per heavy atom. The molecule has 0 aliphatic rings. The van der Waals surface area contributed by atoms with E-state index in [9.17, 15) is 5.11 Å². The van der Waals surface area contributed by atoms with Gasteiger partial charge in [-0.2, -0.15) is 5.10 Å². The summed E-state index contributed by atoms with van der Waals surface area (Å²) in [5.74, 6) is 0.201. The third-order valence-electron chi connectivity index (χ3n) is 3.60. The zero-order chi connectivity index (χ0) is 14.4. The van der Waals surface area contributed by atoms with E-state index < -0.39 is 0 Å². The van der Waals surface area contributed by atoms with Gasteiger partial charge in [0, 0.05) is 16.3 Å². The van der Waals surface area contributed by atoms with Crippen molar-refractivity contribution >= 4 is 21.8 Å². The lowest BCUT2D eigenvalue weighted by molar-refractivity contribution is 0.145. The quantitative estimate of drug-likeness (QED) is 0.591. The molecule has 2 N–H and O–H groups in total. The molecule has 4 aromatic rings. The topological polar surface area (TPSA) is 76.0 Å². The largest absolute Gasteiger partial charge is 0.507 e. The number of hydrogen-bond acceptors (Lipinski definition) is 4. The highest BCUT2D eigenvalue weighted by Crippen LogP contribution is 2.36. The number of aromatic amines is 1. The zero-order valence-corrected chi connectivity index (χ0v) is 11.2. The summed E-state index contributed by atoms with van der Waals surface area (Å²) < 4.78 is 0. The second kappa shape index (κ2) is 4.24. The molecule has 0 saturated carbocycles. The lowest BCUT2D eigenvalue weighted by atomic mass is 10.00. The van der Waals surface area contributed by atoms with Gasteiger partial charge < -0.3 is 9.94 Å². The Labute approximate surface area is 119 Å². The number of benzene rings is 2. The van der Waals surface area contributed by atoms with Crippen molar-refractivity contribution in [2.24, 2.45) is 0 Å². The van der Waals surface area contributed by atoms with Gasteiger partial charge in [0.25, 0.3) is 0 Å². The van der Waals surface area contributed by atoms with Crippen LogP contribution >= 0.6 is 0 Å². The van der Waals surface area contributed by atoms with Gasteiger partial charge in [-0.15, -0.1) is 5.10 Å². The molecule has 2 heterocycles. The zero-order valence-electron chi connectivity index (χ0n) is 11.2. The summed E-state index contributed by atoms with van der Waals surface area (Å²) in [5.41, 5.74) is 3.34. The van der Waals surface area contributed by atoms with Crippen LogP contribution in [0.1, 0.15) is 0 Å². The molecule has 0 aliphatic heterocycles. The first-order chi connectivity index (χ1) is 10.3. The van der Waals surface area contributed by atoms with Crippen LogP contribution < -0.4 is 4.84 Å². The first-order valence-corrected chi connectivity index (χ1v) is 6.45. The average Bonchev–Trinajstić information content (AvgIpc) is 3.11. The highest BCUT2D eigenvalue weighted by atomic mass is 16.7. The van der Waals surface area contributed by atoms with E-state index in [0.29, 0.717) is 5.56 Å². The average molecular weight is 280 g/mol. The maximum Gasteiger partial charge on any atom is 0.124 e. The van der Waals surface area contributed by atoms with Crippen LogP contribution in [0.2, 0.25) is 0 Å². The molecule has 0 unspecified atom stereocenters. The Morgan fingerprint density at radius 2 is 2.10 bits per heavy atom. The van der Waals surface area contributed by atoms with Crippen molar-refractivity contribution in [3.8, 4) is 16.9 Å². The second-order valence-corrected chi connectivity index (χ2v) is 4.77. The molecular formula is C15H12N4O2. The minimum Gasteiger partial charge on any atom is -0.507 e. The number of H-pyrrole nitrogens is 1. The van der Waals surface area contributed by atoms with E-state index >= 15 is 0 Å². The fourth-order valence-electron chi connectivity index (χ4n) is 2.60. The lowest BCUT2D eigenvalue weighted by Gasteiger charge is -2.08. The van der Waals surface area contributed by atoms with Crippen LogP contribution in [0, 0.1) is 0 Å².